The van der Waals surface area contributed by atoms with Crippen molar-refractivity contribution in [3.63, 3.8) is 0 Å². The fraction of sp³-hybridized carbons (Fsp3) is 0.500. The van der Waals surface area contributed by atoms with Crippen LogP contribution in [0.3, 0.4) is 0 Å². The van der Waals surface area contributed by atoms with Gasteiger partial charge in [-0.3, -0.25) is 0 Å². The van der Waals surface area contributed by atoms with Crippen LogP contribution < -0.4 is 5.32 Å². The van der Waals surface area contributed by atoms with Gasteiger partial charge in [0.25, 0.3) is 0 Å². The minimum absolute atomic E-state index is 0.0264. The molecule has 0 aromatic rings. The molecule has 0 aliphatic rings. The lowest BCUT2D eigenvalue weighted by atomic mass is 10.4. The van der Waals surface area contributed by atoms with E-state index < -0.39 is 17.8 Å². The van der Waals surface area contributed by atoms with E-state index in [2.05, 4.69) is 0 Å². The zero-order valence-corrected chi connectivity index (χ0v) is 6.27. The van der Waals surface area contributed by atoms with Crippen LogP contribution in [0.1, 0.15) is 6.92 Å². The van der Waals surface area contributed by atoms with E-state index in [-0.39, 0.29) is 12.6 Å². The second kappa shape index (κ2) is 3.99. The molecule has 6 heteroatoms. The normalized spacial score (nSPS) is 12.8. The van der Waals surface area contributed by atoms with Gasteiger partial charge in [0.05, 0.1) is 6.08 Å². The molecule has 0 atom stereocenters. The van der Waals surface area contributed by atoms with Gasteiger partial charge in [-0.05, 0) is 6.92 Å². The Kier molecular flexibility index (Phi) is 3.59. The number of rotatable bonds is 3. The van der Waals surface area contributed by atoms with Gasteiger partial charge in [-0.1, -0.05) is 0 Å². The third-order valence-corrected chi connectivity index (χ3v) is 0.940. The molecular weight excluding hydrogens is 175 g/mol. The second-order valence-corrected chi connectivity index (χ2v) is 1.92. The van der Waals surface area contributed by atoms with Crippen LogP contribution in [-0.2, 0) is 4.79 Å². The summed E-state index contributed by atoms with van der Waals surface area (Å²) in [7, 11) is 0. The van der Waals surface area contributed by atoms with Gasteiger partial charge in [-0.15, -0.1) is 0 Å². The zero-order chi connectivity index (χ0) is 9.78. The number of nitrogens with one attached hydrogen (secondary N) is 1. The van der Waals surface area contributed by atoms with Crippen molar-refractivity contribution in [2.24, 2.45) is 0 Å². The van der Waals surface area contributed by atoms with E-state index in [0.29, 0.717) is 0 Å². The van der Waals surface area contributed by atoms with Crippen molar-refractivity contribution in [1.29, 1.82) is 0 Å². The van der Waals surface area contributed by atoms with Crippen LogP contribution in [0.4, 0.5) is 13.2 Å². The average Bonchev–Trinajstić information content (AvgIpc) is 1.83. The first-order valence-corrected chi connectivity index (χ1v) is 3.13. The number of alkyl halides is 3. The van der Waals surface area contributed by atoms with E-state index in [1.807, 2.05) is 5.32 Å². The standard InChI is InChI=1S/C6H8F3NO2/c1-2-10-4(3-5(11)12)6(7,8)9/h3,10H,2H2,1H3,(H,11,12). The van der Waals surface area contributed by atoms with E-state index in [9.17, 15) is 18.0 Å². The van der Waals surface area contributed by atoms with Crippen LogP contribution in [0.5, 0.6) is 0 Å². The highest BCUT2D eigenvalue weighted by Crippen LogP contribution is 2.22. The molecule has 0 unspecified atom stereocenters. The maximum absolute atomic E-state index is 11.9. The molecule has 0 aromatic heterocycles. The summed E-state index contributed by atoms with van der Waals surface area (Å²) in [6.07, 6.45) is -4.53. The Labute approximate surface area is 66.9 Å². The minimum Gasteiger partial charge on any atom is -0.478 e. The van der Waals surface area contributed by atoms with Gasteiger partial charge in [-0.25, -0.2) is 4.79 Å². The van der Waals surface area contributed by atoms with Gasteiger partial charge >= 0.3 is 12.1 Å². The summed E-state index contributed by atoms with van der Waals surface area (Å²) in [5.74, 6) is -1.62. The molecule has 2 N–H and O–H groups in total. The summed E-state index contributed by atoms with van der Waals surface area (Å²) in [6, 6.07) is 0. The molecule has 0 aliphatic heterocycles. The molecule has 3 nitrogen and oxygen atoms in total. The Morgan fingerprint density at radius 2 is 2.08 bits per heavy atom. The predicted octanol–water partition coefficient (Wildman–Crippen LogP) is 1.13. The van der Waals surface area contributed by atoms with Crippen LogP contribution >= 0.6 is 0 Å². The van der Waals surface area contributed by atoms with Crippen molar-refractivity contribution in [2.45, 2.75) is 13.1 Å². The number of allylic oxidation sites excluding steroid dienone is 1. The average molecular weight is 183 g/mol. The molecule has 0 bridgehead atoms. The summed E-state index contributed by atoms with van der Waals surface area (Å²) in [5, 5.41) is 9.97. The van der Waals surface area contributed by atoms with Crippen molar-refractivity contribution in [3.8, 4) is 0 Å². The molecule has 0 saturated heterocycles. The maximum atomic E-state index is 11.9. The number of aliphatic carboxylic acids is 1. The highest BCUT2D eigenvalue weighted by Gasteiger charge is 2.33. The lowest BCUT2D eigenvalue weighted by Gasteiger charge is -2.11. The van der Waals surface area contributed by atoms with E-state index in [4.69, 9.17) is 5.11 Å². The van der Waals surface area contributed by atoms with E-state index >= 15 is 0 Å². The largest absolute Gasteiger partial charge is 0.478 e. The smallest absolute Gasteiger partial charge is 0.431 e. The molecule has 0 aliphatic carbocycles. The summed E-state index contributed by atoms with van der Waals surface area (Å²) < 4.78 is 35.6. The van der Waals surface area contributed by atoms with Crippen LogP contribution in [0.25, 0.3) is 0 Å². The Morgan fingerprint density at radius 1 is 1.58 bits per heavy atom. The molecule has 0 heterocycles. The van der Waals surface area contributed by atoms with Crippen molar-refractivity contribution >= 4 is 5.97 Å². The van der Waals surface area contributed by atoms with Gasteiger partial charge in [-0.2, -0.15) is 13.2 Å². The maximum Gasteiger partial charge on any atom is 0.431 e. The number of halogens is 3. The van der Waals surface area contributed by atoms with Gasteiger partial charge in [0.1, 0.15) is 5.70 Å². The van der Waals surface area contributed by atoms with Crippen molar-refractivity contribution < 1.29 is 23.1 Å². The molecule has 0 radical (unpaired) electrons. The molecule has 0 spiro atoms. The highest BCUT2D eigenvalue weighted by atomic mass is 19.4. The number of hydrogen-bond donors (Lipinski definition) is 2. The topological polar surface area (TPSA) is 49.3 Å². The van der Waals surface area contributed by atoms with Gasteiger partial charge in [0.2, 0.25) is 0 Å². The van der Waals surface area contributed by atoms with Gasteiger partial charge in [0, 0.05) is 6.54 Å². The van der Waals surface area contributed by atoms with Crippen LogP contribution in [0, 0.1) is 0 Å². The Morgan fingerprint density at radius 3 is 2.33 bits per heavy atom. The predicted molar refractivity (Wildman–Crippen MR) is 35.5 cm³/mol. The van der Waals surface area contributed by atoms with Crippen molar-refractivity contribution in [2.75, 3.05) is 6.54 Å². The van der Waals surface area contributed by atoms with Crippen LogP contribution in [-0.4, -0.2) is 23.8 Å². The minimum atomic E-state index is -4.63. The summed E-state index contributed by atoms with van der Waals surface area (Å²) in [6.45, 7) is 1.47. The highest BCUT2D eigenvalue weighted by molar-refractivity contribution is 5.80. The van der Waals surface area contributed by atoms with E-state index in [1.165, 1.54) is 6.92 Å². The van der Waals surface area contributed by atoms with Gasteiger partial charge < -0.3 is 10.4 Å². The molecule has 0 rings (SSSR count). The molecule has 12 heavy (non-hydrogen) atoms. The summed E-state index contributed by atoms with van der Waals surface area (Å²) in [5.41, 5.74) is -1.24. The monoisotopic (exact) mass is 183 g/mol. The lowest BCUT2D eigenvalue weighted by Crippen LogP contribution is -2.26. The third-order valence-electron chi connectivity index (χ3n) is 0.940. The number of carboxylic acid groups (broad SMARTS) is 1. The van der Waals surface area contributed by atoms with Crippen LogP contribution in [0.2, 0.25) is 0 Å². The fourth-order valence-electron chi connectivity index (χ4n) is 0.547. The SMILES string of the molecule is CCNC(=CC(=O)O)C(F)(F)F. The van der Waals surface area contributed by atoms with E-state index in [0.717, 1.165) is 0 Å². The quantitative estimate of drug-likeness (QED) is 0.645. The van der Waals surface area contributed by atoms with Crippen LogP contribution in [0.15, 0.2) is 11.8 Å². The molecule has 70 valence electrons. The lowest BCUT2D eigenvalue weighted by molar-refractivity contribution is -0.132. The summed E-state index contributed by atoms with van der Waals surface area (Å²) >= 11 is 0. The van der Waals surface area contributed by atoms with Gasteiger partial charge in [0.15, 0.2) is 0 Å². The molecule has 0 amide bonds. The molecule has 0 fully saturated rings. The summed E-state index contributed by atoms with van der Waals surface area (Å²) in [4.78, 5) is 9.91. The first-order valence-electron chi connectivity index (χ1n) is 3.13. The third kappa shape index (κ3) is 3.85. The number of hydrogen-bond acceptors (Lipinski definition) is 2. The molecule has 0 aromatic carbocycles. The Hall–Kier alpha value is -1.20. The fourth-order valence-corrected chi connectivity index (χ4v) is 0.547. The molecular formula is C6H8F3NO2. The Balaban J connectivity index is 4.55. The van der Waals surface area contributed by atoms with E-state index in [1.54, 1.807) is 0 Å². The number of carboxylic acids is 1. The number of carbonyl (C=O) groups is 1. The second-order valence-electron chi connectivity index (χ2n) is 1.92. The van der Waals surface area contributed by atoms with Crippen molar-refractivity contribution in [3.05, 3.63) is 11.8 Å². The van der Waals surface area contributed by atoms with Crippen molar-refractivity contribution in [1.82, 2.24) is 5.32 Å². The Bertz CT molecular complexity index is 197. The zero-order valence-electron chi connectivity index (χ0n) is 6.27. The first-order chi connectivity index (χ1) is 5.38. The molecule has 0 saturated carbocycles. The first kappa shape index (κ1) is 10.8.